The number of nitrogens with zero attached hydrogens (tertiary/aromatic N) is 4. The highest BCUT2D eigenvalue weighted by Crippen LogP contribution is 2.40. The van der Waals surface area contributed by atoms with Crippen LogP contribution >= 0.6 is 0 Å². The third kappa shape index (κ3) is 3.96. The summed E-state index contributed by atoms with van der Waals surface area (Å²) in [4.78, 5) is 0. The molecule has 0 saturated heterocycles. The second-order valence-electron chi connectivity index (χ2n) is 12.1. The van der Waals surface area contributed by atoms with Gasteiger partial charge in [-0.1, -0.05) is 11.6 Å². The molecule has 228 valence electrons. The molecule has 9 rings (SSSR count). The average molecular weight is 631 g/mol. The van der Waals surface area contributed by atoms with Crippen LogP contribution in [0.3, 0.4) is 0 Å². The molecule has 0 bridgehead atoms. The summed E-state index contributed by atoms with van der Waals surface area (Å²) in [5.74, 6) is 0. The maximum absolute atomic E-state index is 13.8. The molecule has 0 saturated carbocycles. The summed E-state index contributed by atoms with van der Waals surface area (Å²) in [6.07, 6.45) is -4.50. The third-order valence-corrected chi connectivity index (χ3v) is 9.22. The fourth-order valence-electron chi connectivity index (χ4n) is 7.06. The molecule has 0 atom stereocenters. The quantitative estimate of drug-likeness (QED) is 0.191. The highest BCUT2D eigenvalue weighted by molar-refractivity contribution is 6.13. The second kappa shape index (κ2) is 9.75. The molecular formula is C40H21F3N4O. The van der Waals surface area contributed by atoms with Crippen molar-refractivity contribution >= 4 is 65.6 Å². The number of fused-ring (bicyclic) bond motifs is 9. The molecule has 0 fully saturated rings. The van der Waals surface area contributed by atoms with Gasteiger partial charge >= 0.3 is 6.18 Å². The molecule has 3 aromatic heterocycles. The Bertz CT molecular complexity index is 2930. The fourth-order valence-corrected chi connectivity index (χ4v) is 7.06. The number of aromatic nitrogens is 2. The third-order valence-electron chi connectivity index (χ3n) is 9.22. The number of alkyl halides is 3. The van der Waals surface area contributed by atoms with E-state index in [2.05, 4.69) is 41.0 Å². The highest BCUT2D eigenvalue weighted by atomic mass is 19.4. The first-order valence-corrected chi connectivity index (χ1v) is 15.2. The maximum Gasteiger partial charge on any atom is 0.416 e. The van der Waals surface area contributed by atoms with Crippen molar-refractivity contribution in [3.63, 3.8) is 0 Å². The second-order valence-corrected chi connectivity index (χ2v) is 12.1. The average Bonchev–Trinajstić information content (AvgIpc) is 3.73. The van der Waals surface area contributed by atoms with E-state index in [9.17, 15) is 23.7 Å². The Kier molecular flexibility index (Phi) is 5.64. The zero-order valence-electron chi connectivity index (χ0n) is 25.2. The number of halogens is 3. The number of hydrogen-bond donors (Lipinski definition) is 0. The minimum atomic E-state index is -4.50. The number of nitriles is 2. The van der Waals surface area contributed by atoms with Crippen LogP contribution in [0.1, 0.15) is 22.3 Å². The van der Waals surface area contributed by atoms with Crippen LogP contribution in [-0.2, 0) is 6.18 Å². The van der Waals surface area contributed by atoms with Gasteiger partial charge < -0.3 is 13.6 Å². The zero-order chi connectivity index (χ0) is 32.9. The summed E-state index contributed by atoms with van der Waals surface area (Å²) < 4.78 is 51.6. The van der Waals surface area contributed by atoms with E-state index in [4.69, 9.17) is 4.42 Å². The van der Waals surface area contributed by atoms with Crippen molar-refractivity contribution in [2.75, 3.05) is 0 Å². The van der Waals surface area contributed by atoms with Gasteiger partial charge in [0, 0.05) is 43.7 Å². The van der Waals surface area contributed by atoms with Gasteiger partial charge in [0.2, 0.25) is 0 Å². The standard InChI is InChI=1S/C40H21F3N4O/c1-22-2-8-34-28(14-22)29-15-23(20-44)3-9-35(29)46(34)26-6-12-38-32(18-26)33-19-27(7-13-39(33)48-38)47-36-10-4-24(21-45)16-30(36)31-17-25(40(41,42)43)5-11-37(31)47/h2-19H,1H3. The SMILES string of the molecule is Cc1ccc2c(c1)c1cc(C#N)ccc1n2-c1ccc2oc3ccc(-n4c5ccc(C#N)cc5c5cc(C(F)(F)F)ccc54)cc3c2c1. The van der Waals surface area contributed by atoms with Crippen LogP contribution in [0.5, 0.6) is 0 Å². The molecule has 9 aromatic rings. The molecule has 5 nitrogen and oxygen atoms in total. The number of furan rings is 1. The lowest BCUT2D eigenvalue weighted by molar-refractivity contribution is -0.137. The number of hydrogen-bond acceptors (Lipinski definition) is 3. The molecule has 0 radical (unpaired) electrons. The summed E-state index contributed by atoms with van der Waals surface area (Å²) in [7, 11) is 0. The van der Waals surface area contributed by atoms with Crippen molar-refractivity contribution in [2.24, 2.45) is 0 Å². The van der Waals surface area contributed by atoms with Crippen molar-refractivity contribution in [3.05, 3.63) is 131 Å². The Morgan fingerprint density at radius 1 is 0.521 bits per heavy atom. The van der Waals surface area contributed by atoms with E-state index in [-0.39, 0.29) is 0 Å². The summed E-state index contributed by atoms with van der Waals surface area (Å²) in [5, 5.41) is 23.9. The Morgan fingerprint density at radius 2 is 0.979 bits per heavy atom. The molecule has 0 aliphatic carbocycles. The van der Waals surface area contributed by atoms with Crippen LogP contribution in [0.15, 0.2) is 114 Å². The van der Waals surface area contributed by atoms with Crippen molar-refractivity contribution < 1.29 is 17.6 Å². The molecule has 0 aliphatic rings. The van der Waals surface area contributed by atoms with Crippen LogP contribution in [0, 0.1) is 29.6 Å². The first-order valence-electron chi connectivity index (χ1n) is 15.2. The lowest BCUT2D eigenvalue weighted by atomic mass is 10.1. The molecule has 6 aromatic carbocycles. The van der Waals surface area contributed by atoms with E-state index >= 15 is 0 Å². The first-order chi connectivity index (χ1) is 23.2. The predicted molar refractivity (Wildman–Crippen MR) is 182 cm³/mol. The Hall–Kier alpha value is -6.51. The van der Waals surface area contributed by atoms with Gasteiger partial charge in [-0.3, -0.25) is 0 Å². The van der Waals surface area contributed by atoms with Crippen molar-refractivity contribution in [3.8, 4) is 23.5 Å². The number of aryl methyl sites for hydroxylation is 1. The summed E-state index contributed by atoms with van der Waals surface area (Å²) in [6.45, 7) is 2.05. The van der Waals surface area contributed by atoms with Crippen LogP contribution in [0.25, 0.3) is 76.9 Å². The molecule has 8 heteroatoms. The summed E-state index contributed by atoms with van der Waals surface area (Å²) in [6, 6.07) is 37.0. The van der Waals surface area contributed by atoms with Gasteiger partial charge in [-0.05, 0) is 110 Å². The monoisotopic (exact) mass is 630 g/mol. The summed E-state index contributed by atoms with van der Waals surface area (Å²) in [5.41, 5.74) is 7.65. The van der Waals surface area contributed by atoms with Gasteiger partial charge in [0.25, 0.3) is 0 Å². The predicted octanol–water partition coefficient (Wildman–Crippen LogP) is 10.9. The normalized spacial score (nSPS) is 12.1. The van der Waals surface area contributed by atoms with Crippen LogP contribution < -0.4 is 0 Å². The molecule has 48 heavy (non-hydrogen) atoms. The van der Waals surface area contributed by atoms with Crippen molar-refractivity contribution in [1.29, 1.82) is 10.5 Å². The van der Waals surface area contributed by atoms with Gasteiger partial charge in [-0.15, -0.1) is 0 Å². The Balaban J connectivity index is 1.29. The van der Waals surface area contributed by atoms with Crippen molar-refractivity contribution in [2.45, 2.75) is 13.1 Å². The molecule has 0 unspecified atom stereocenters. The van der Waals surface area contributed by atoms with E-state index in [0.717, 1.165) is 61.6 Å². The van der Waals surface area contributed by atoms with Gasteiger partial charge in [0.1, 0.15) is 11.2 Å². The van der Waals surface area contributed by atoms with Crippen molar-refractivity contribution in [1.82, 2.24) is 9.13 Å². The smallest absolute Gasteiger partial charge is 0.416 e. The molecule has 0 aliphatic heterocycles. The lowest BCUT2D eigenvalue weighted by Gasteiger charge is -2.10. The minimum absolute atomic E-state index is 0.367. The fraction of sp³-hybridized carbons (Fsp3) is 0.0500. The topological polar surface area (TPSA) is 70.6 Å². The van der Waals surface area contributed by atoms with Gasteiger partial charge in [-0.2, -0.15) is 23.7 Å². The Morgan fingerprint density at radius 3 is 1.48 bits per heavy atom. The first kappa shape index (κ1) is 27.8. The zero-order valence-corrected chi connectivity index (χ0v) is 25.2. The maximum atomic E-state index is 13.8. The van der Waals surface area contributed by atoms with Gasteiger partial charge in [0.05, 0.1) is 50.9 Å². The largest absolute Gasteiger partial charge is 0.456 e. The molecule has 0 spiro atoms. The van der Waals surface area contributed by atoms with Gasteiger partial charge in [-0.25, -0.2) is 0 Å². The van der Waals surface area contributed by atoms with Gasteiger partial charge in [0.15, 0.2) is 0 Å². The number of benzene rings is 6. The highest BCUT2D eigenvalue weighted by Gasteiger charge is 2.31. The molecular weight excluding hydrogens is 609 g/mol. The molecule has 0 N–H and O–H groups in total. The van der Waals surface area contributed by atoms with Crippen LogP contribution in [-0.4, -0.2) is 9.13 Å². The molecule has 3 heterocycles. The van der Waals surface area contributed by atoms with E-state index in [1.165, 1.54) is 6.07 Å². The summed E-state index contributed by atoms with van der Waals surface area (Å²) >= 11 is 0. The molecule has 0 amide bonds. The van der Waals surface area contributed by atoms with E-state index in [1.54, 1.807) is 18.2 Å². The van der Waals surface area contributed by atoms with Crippen LogP contribution in [0.4, 0.5) is 13.2 Å². The lowest BCUT2D eigenvalue weighted by Crippen LogP contribution is -2.04. The van der Waals surface area contributed by atoms with E-state index in [1.807, 2.05) is 60.0 Å². The van der Waals surface area contributed by atoms with E-state index in [0.29, 0.717) is 44.1 Å². The minimum Gasteiger partial charge on any atom is -0.456 e. The van der Waals surface area contributed by atoms with E-state index < -0.39 is 11.7 Å². The Labute approximate surface area is 270 Å². The van der Waals surface area contributed by atoms with Crippen LogP contribution in [0.2, 0.25) is 0 Å². The number of rotatable bonds is 2.